The molecule has 2 amide bonds. The molecule has 3 rings (SSSR count). The Labute approximate surface area is 154 Å². The van der Waals surface area contributed by atoms with Gasteiger partial charge in [-0.15, -0.1) is 0 Å². The number of anilines is 1. The predicted molar refractivity (Wildman–Crippen MR) is 94.4 cm³/mol. The van der Waals surface area contributed by atoms with Crippen LogP contribution in [-0.2, 0) is 21.3 Å². The second-order valence-corrected chi connectivity index (χ2v) is 7.50. The Kier molecular flexibility index (Phi) is 5.53. The lowest BCUT2D eigenvalue weighted by atomic mass is 10.4. The number of urea groups is 1. The van der Waals surface area contributed by atoms with Crippen LogP contribution in [0.15, 0.2) is 34.3 Å². The summed E-state index contributed by atoms with van der Waals surface area (Å²) in [5, 5.41) is 6.22. The van der Waals surface area contributed by atoms with E-state index in [0.717, 1.165) is 4.68 Å². The third-order valence-corrected chi connectivity index (χ3v) is 5.72. The highest BCUT2D eigenvalue weighted by Crippen LogP contribution is 2.17. The molecule has 2 aromatic heterocycles. The van der Waals surface area contributed by atoms with Crippen LogP contribution in [0.1, 0.15) is 6.92 Å². The van der Waals surface area contributed by atoms with Crippen molar-refractivity contribution in [1.29, 1.82) is 0 Å². The van der Waals surface area contributed by atoms with Gasteiger partial charge in [0, 0.05) is 25.8 Å². The van der Waals surface area contributed by atoms with Gasteiger partial charge in [0.25, 0.3) is 0 Å². The molecule has 0 spiro atoms. The monoisotopic (exact) mass is 397 g/mol. The zero-order valence-electron chi connectivity index (χ0n) is 14.5. The molecule has 0 aromatic carbocycles. The first-order valence-corrected chi connectivity index (χ1v) is 9.62. The molecule has 3 heterocycles. The van der Waals surface area contributed by atoms with Crippen molar-refractivity contribution in [3.8, 4) is 0 Å². The average molecular weight is 397 g/mol. The average Bonchev–Trinajstić information content (AvgIpc) is 3.02. The van der Waals surface area contributed by atoms with E-state index in [1.54, 1.807) is 6.92 Å². The van der Waals surface area contributed by atoms with Crippen molar-refractivity contribution in [1.82, 2.24) is 23.7 Å². The molecule has 2 N–H and O–H groups in total. The van der Waals surface area contributed by atoms with E-state index in [1.807, 2.05) is 0 Å². The molecule has 146 valence electrons. The minimum absolute atomic E-state index is 0.0239. The first-order valence-electron chi connectivity index (χ1n) is 8.18. The van der Waals surface area contributed by atoms with E-state index < -0.39 is 21.7 Å². The van der Waals surface area contributed by atoms with Crippen molar-refractivity contribution < 1.29 is 17.9 Å². The minimum Gasteiger partial charge on any atom is -0.379 e. The first kappa shape index (κ1) is 19.0. The number of carbonyl (C=O) groups excluding carboxylic acids is 1. The molecular weight excluding hydrogens is 378 g/mol. The molecule has 0 saturated carbocycles. The van der Waals surface area contributed by atoms with E-state index in [-0.39, 0.29) is 23.8 Å². The van der Waals surface area contributed by atoms with Crippen LogP contribution in [0.5, 0.6) is 0 Å². The number of amides is 2. The molecule has 0 unspecified atom stereocenters. The summed E-state index contributed by atoms with van der Waals surface area (Å²) in [7, 11) is -3.66. The Morgan fingerprint density at radius 2 is 2.04 bits per heavy atom. The molecule has 2 aromatic rings. The topological polar surface area (TPSA) is 140 Å². The predicted octanol–water partition coefficient (Wildman–Crippen LogP) is -0.744. The number of nitrogens with zero attached hydrogens (tertiary/aromatic N) is 5. The van der Waals surface area contributed by atoms with Crippen LogP contribution in [-0.4, -0.2) is 64.5 Å². The standard InChI is InChI=1S/C14H19N7O5S/c1-2-20-14(23)21(10-16-20)18-13(22)17-12-4-3-11(9-15-12)27(24,25)19-5-7-26-8-6-19/h3-4,9-10H,2,5-8H2,1H3,(H2,15,17,18,22). The maximum absolute atomic E-state index is 12.5. The number of carbonyl (C=O) groups is 1. The van der Waals surface area contributed by atoms with E-state index in [1.165, 1.54) is 33.6 Å². The van der Waals surface area contributed by atoms with Crippen LogP contribution in [0.3, 0.4) is 0 Å². The van der Waals surface area contributed by atoms with E-state index in [9.17, 15) is 18.0 Å². The normalized spacial score (nSPS) is 15.4. The second-order valence-electron chi connectivity index (χ2n) is 5.56. The van der Waals surface area contributed by atoms with Crippen molar-refractivity contribution in [2.24, 2.45) is 0 Å². The fraction of sp³-hybridized carbons (Fsp3) is 0.429. The summed E-state index contributed by atoms with van der Waals surface area (Å²) in [6.07, 6.45) is 2.35. The lowest BCUT2D eigenvalue weighted by Crippen LogP contribution is -2.40. The van der Waals surface area contributed by atoms with E-state index in [4.69, 9.17) is 4.74 Å². The number of aromatic nitrogens is 4. The molecule has 0 atom stereocenters. The Bertz CT molecular complexity index is 960. The molecule has 13 heteroatoms. The number of morpholine rings is 1. The zero-order chi connectivity index (χ0) is 19.4. The van der Waals surface area contributed by atoms with E-state index in [0.29, 0.717) is 19.8 Å². The largest absolute Gasteiger partial charge is 0.379 e. The summed E-state index contributed by atoms with van der Waals surface area (Å²) in [6.45, 7) is 3.38. The summed E-state index contributed by atoms with van der Waals surface area (Å²) < 4.78 is 33.6. The van der Waals surface area contributed by atoms with Gasteiger partial charge in [0.2, 0.25) is 10.0 Å². The highest BCUT2D eigenvalue weighted by molar-refractivity contribution is 7.89. The lowest BCUT2D eigenvalue weighted by Gasteiger charge is -2.25. The van der Waals surface area contributed by atoms with Crippen LogP contribution in [0, 0.1) is 0 Å². The van der Waals surface area contributed by atoms with Crippen LogP contribution in [0.4, 0.5) is 10.6 Å². The number of hydrogen-bond acceptors (Lipinski definition) is 7. The number of pyridine rings is 1. The number of aryl methyl sites for hydroxylation is 1. The maximum Gasteiger partial charge on any atom is 0.364 e. The van der Waals surface area contributed by atoms with Gasteiger partial charge in [0.1, 0.15) is 17.0 Å². The van der Waals surface area contributed by atoms with Gasteiger partial charge in [0.15, 0.2) is 0 Å². The van der Waals surface area contributed by atoms with Gasteiger partial charge < -0.3 is 4.74 Å². The van der Waals surface area contributed by atoms with Crippen molar-refractivity contribution in [2.75, 3.05) is 37.0 Å². The number of ether oxygens (including phenoxy) is 1. The van der Waals surface area contributed by atoms with Gasteiger partial charge in [-0.1, -0.05) is 0 Å². The highest BCUT2D eigenvalue weighted by atomic mass is 32.2. The molecule has 1 fully saturated rings. The first-order chi connectivity index (χ1) is 12.9. The van der Waals surface area contributed by atoms with E-state index >= 15 is 0 Å². The fourth-order valence-corrected chi connectivity index (χ4v) is 3.78. The second kappa shape index (κ2) is 7.85. The summed E-state index contributed by atoms with van der Waals surface area (Å²) in [4.78, 5) is 27.8. The van der Waals surface area contributed by atoms with Gasteiger partial charge in [-0.25, -0.2) is 33.1 Å². The number of rotatable bonds is 5. The molecular formula is C14H19N7O5S. The number of nitrogens with one attached hydrogen (secondary N) is 2. The third kappa shape index (κ3) is 4.15. The highest BCUT2D eigenvalue weighted by Gasteiger charge is 2.26. The smallest absolute Gasteiger partial charge is 0.364 e. The fourth-order valence-electron chi connectivity index (χ4n) is 2.43. The molecule has 0 bridgehead atoms. The van der Waals surface area contributed by atoms with Gasteiger partial charge >= 0.3 is 11.7 Å². The van der Waals surface area contributed by atoms with Crippen LogP contribution in [0.25, 0.3) is 0 Å². The van der Waals surface area contributed by atoms with E-state index in [2.05, 4.69) is 20.8 Å². The van der Waals surface area contributed by atoms with Gasteiger partial charge in [-0.05, 0) is 19.1 Å². The van der Waals surface area contributed by atoms with Crippen LogP contribution in [0.2, 0.25) is 0 Å². The third-order valence-electron chi connectivity index (χ3n) is 3.84. The van der Waals surface area contributed by atoms with Crippen molar-refractivity contribution in [3.05, 3.63) is 35.1 Å². The van der Waals surface area contributed by atoms with Gasteiger partial charge in [-0.3, -0.25) is 5.32 Å². The zero-order valence-corrected chi connectivity index (χ0v) is 15.3. The molecule has 27 heavy (non-hydrogen) atoms. The summed E-state index contributed by atoms with van der Waals surface area (Å²) in [6, 6.07) is 2.00. The van der Waals surface area contributed by atoms with Crippen molar-refractivity contribution in [3.63, 3.8) is 0 Å². The molecule has 1 aliphatic rings. The maximum atomic E-state index is 12.5. The summed E-state index contributed by atoms with van der Waals surface area (Å²) in [5.41, 5.74) is 1.81. The number of hydrogen-bond donors (Lipinski definition) is 2. The van der Waals surface area contributed by atoms with Gasteiger partial charge in [0.05, 0.1) is 13.2 Å². The van der Waals surface area contributed by atoms with Crippen LogP contribution < -0.4 is 16.4 Å². The SMILES string of the molecule is CCn1ncn(NC(=O)Nc2ccc(S(=O)(=O)N3CCOCC3)cn2)c1=O. The minimum atomic E-state index is -3.66. The van der Waals surface area contributed by atoms with Gasteiger partial charge in [-0.2, -0.15) is 14.1 Å². The molecule has 0 radical (unpaired) electrons. The quantitative estimate of drug-likeness (QED) is 0.677. The Morgan fingerprint density at radius 1 is 1.30 bits per heavy atom. The molecule has 0 aliphatic carbocycles. The summed E-state index contributed by atoms with van der Waals surface area (Å²) >= 11 is 0. The Hall–Kier alpha value is -2.77. The summed E-state index contributed by atoms with van der Waals surface area (Å²) in [5.74, 6) is 0.129. The number of sulfonamides is 1. The van der Waals surface area contributed by atoms with Crippen molar-refractivity contribution >= 4 is 21.9 Å². The Morgan fingerprint density at radius 3 is 2.63 bits per heavy atom. The lowest BCUT2D eigenvalue weighted by molar-refractivity contribution is 0.0730. The molecule has 1 aliphatic heterocycles. The molecule has 1 saturated heterocycles. The molecule has 12 nitrogen and oxygen atoms in total. The Balaban J connectivity index is 1.65. The van der Waals surface area contributed by atoms with Crippen molar-refractivity contribution in [2.45, 2.75) is 18.4 Å². The van der Waals surface area contributed by atoms with Crippen LogP contribution >= 0.6 is 0 Å².